The molecular weight excluding hydrogens is 429 g/mol. The van der Waals surface area contributed by atoms with Crippen LogP contribution in [-0.4, -0.2) is 43.4 Å². The van der Waals surface area contributed by atoms with Gasteiger partial charge in [-0.05, 0) is 50.5 Å². The lowest BCUT2D eigenvalue weighted by molar-refractivity contribution is -0.136. The molecule has 162 valence electrons. The summed E-state index contributed by atoms with van der Waals surface area (Å²) in [5.74, 6) is -0.461. The number of carbonyl (C=O) groups is 1. The minimum atomic E-state index is -3.23. The molecule has 1 amide bonds. The van der Waals surface area contributed by atoms with Crippen LogP contribution in [0, 0.1) is 26.6 Å². The number of halogens is 2. The molecular formula is C22H25ClFNO4S. The van der Waals surface area contributed by atoms with E-state index in [1.54, 1.807) is 6.07 Å². The Morgan fingerprint density at radius 1 is 1.23 bits per heavy atom. The maximum absolute atomic E-state index is 14.3. The number of amides is 1. The molecule has 0 saturated carbocycles. The van der Waals surface area contributed by atoms with Crippen molar-refractivity contribution < 1.29 is 22.3 Å². The summed E-state index contributed by atoms with van der Waals surface area (Å²) in [7, 11) is -3.23. The van der Waals surface area contributed by atoms with Crippen molar-refractivity contribution in [3.63, 3.8) is 0 Å². The number of rotatable bonds is 6. The minimum Gasteiger partial charge on any atom is -0.483 e. The van der Waals surface area contributed by atoms with Gasteiger partial charge in [-0.15, -0.1) is 0 Å². The molecule has 1 aliphatic rings. The normalized spacial score (nSPS) is 17.7. The summed E-state index contributed by atoms with van der Waals surface area (Å²) in [4.78, 5) is 14.5. The fourth-order valence-corrected chi connectivity index (χ4v) is 5.86. The first-order chi connectivity index (χ1) is 14.1. The highest BCUT2D eigenvalue weighted by Crippen LogP contribution is 2.27. The molecule has 0 bridgehead atoms. The molecule has 30 heavy (non-hydrogen) atoms. The quantitative estimate of drug-likeness (QED) is 0.663. The van der Waals surface area contributed by atoms with E-state index in [1.165, 1.54) is 17.0 Å². The zero-order valence-corrected chi connectivity index (χ0v) is 18.8. The molecule has 1 unspecified atom stereocenters. The van der Waals surface area contributed by atoms with Gasteiger partial charge in [0.05, 0.1) is 18.1 Å². The van der Waals surface area contributed by atoms with E-state index in [1.807, 2.05) is 32.9 Å². The van der Waals surface area contributed by atoms with Crippen LogP contribution in [-0.2, 0) is 21.2 Å². The van der Waals surface area contributed by atoms with E-state index < -0.39 is 27.6 Å². The van der Waals surface area contributed by atoms with Crippen molar-refractivity contribution in [3.8, 4) is 5.75 Å². The van der Waals surface area contributed by atoms with E-state index >= 15 is 0 Å². The van der Waals surface area contributed by atoms with Crippen molar-refractivity contribution in [1.82, 2.24) is 4.90 Å². The molecule has 1 aliphatic heterocycles. The highest BCUT2D eigenvalue weighted by molar-refractivity contribution is 7.91. The third-order valence-corrected chi connectivity index (χ3v) is 7.41. The fraction of sp³-hybridized carbons (Fsp3) is 0.409. The summed E-state index contributed by atoms with van der Waals surface area (Å²) in [5.41, 5.74) is 3.08. The number of aryl methyl sites for hydroxylation is 3. The molecule has 5 nitrogen and oxygen atoms in total. The Kier molecular flexibility index (Phi) is 6.72. The topological polar surface area (TPSA) is 63.7 Å². The number of benzene rings is 2. The third-order valence-electron chi connectivity index (χ3n) is 5.30. The van der Waals surface area contributed by atoms with E-state index in [-0.39, 0.29) is 35.2 Å². The van der Waals surface area contributed by atoms with E-state index in [0.29, 0.717) is 12.2 Å². The van der Waals surface area contributed by atoms with Crippen LogP contribution >= 0.6 is 11.6 Å². The first-order valence-corrected chi connectivity index (χ1v) is 11.9. The highest BCUT2D eigenvalue weighted by Gasteiger charge is 2.35. The lowest BCUT2D eigenvalue weighted by Gasteiger charge is -2.29. The van der Waals surface area contributed by atoms with Crippen molar-refractivity contribution in [2.24, 2.45) is 0 Å². The number of ether oxygens (including phenoxy) is 1. The van der Waals surface area contributed by atoms with E-state index in [4.69, 9.17) is 16.3 Å². The molecule has 0 radical (unpaired) electrons. The van der Waals surface area contributed by atoms with Crippen molar-refractivity contribution >= 4 is 27.3 Å². The Balaban J connectivity index is 1.84. The number of sulfone groups is 1. The third kappa shape index (κ3) is 5.13. The second kappa shape index (κ2) is 8.94. The van der Waals surface area contributed by atoms with Crippen LogP contribution in [0.25, 0.3) is 0 Å². The van der Waals surface area contributed by atoms with Gasteiger partial charge in [-0.2, -0.15) is 0 Å². The van der Waals surface area contributed by atoms with Crippen LogP contribution in [0.1, 0.15) is 28.7 Å². The highest BCUT2D eigenvalue weighted by atomic mass is 35.5. The summed E-state index contributed by atoms with van der Waals surface area (Å²) in [6.07, 6.45) is 0.308. The molecule has 0 aliphatic carbocycles. The lowest BCUT2D eigenvalue weighted by Crippen LogP contribution is -2.43. The standard InChI is InChI=1S/C22H25ClFNO4S/c1-14-9-15(2)22(16(3)10-14)29-12-21(26)25(17-7-8-30(27,28)13-17)11-18-19(23)5-4-6-20(18)24/h4-6,9-10,17H,7-8,11-13H2,1-3H3. The maximum Gasteiger partial charge on any atom is 0.261 e. The van der Waals surface area contributed by atoms with Gasteiger partial charge in [-0.3, -0.25) is 4.79 Å². The first kappa shape index (κ1) is 22.6. The zero-order chi connectivity index (χ0) is 22.1. The average molecular weight is 454 g/mol. The number of nitrogens with zero attached hydrogens (tertiary/aromatic N) is 1. The molecule has 0 aromatic heterocycles. The van der Waals surface area contributed by atoms with E-state index in [0.717, 1.165) is 16.7 Å². The number of hydrogen-bond acceptors (Lipinski definition) is 4. The zero-order valence-electron chi connectivity index (χ0n) is 17.2. The second-order valence-corrected chi connectivity index (χ2v) is 10.4. The molecule has 1 atom stereocenters. The Hall–Kier alpha value is -2.12. The van der Waals surface area contributed by atoms with Crippen molar-refractivity contribution in [3.05, 3.63) is 63.4 Å². The maximum atomic E-state index is 14.3. The molecule has 1 heterocycles. The monoisotopic (exact) mass is 453 g/mol. The van der Waals surface area contributed by atoms with Gasteiger partial charge in [-0.25, -0.2) is 12.8 Å². The van der Waals surface area contributed by atoms with Gasteiger partial charge < -0.3 is 9.64 Å². The van der Waals surface area contributed by atoms with Crippen LogP contribution in [0.2, 0.25) is 5.02 Å². The summed E-state index contributed by atoms with van der Waals surface area (Å²) < 4.78 is 44.1. The molecule has 1 saturated heterocycles. The SMILES string of the molecule is Cc1cc(C)c(OCC(=O)N(Cc2c(F)cccc2Cl)C2CCS(=O)(=O)C2)c(C)c1. The second-order valence-electron chi connectivity index (χ2n) is 7.80. The lowest BCUT2D eigenvalue weighted by atomic mass is 10.1. The fourth-order valence-electron chi connectivity index (χ4n) is 3.91. The summed E-state index contributed by atoms with van der Waals surface area (Å²) >= 11 is 6.14. The molecule has 0 N–H and O–H groups in total. The summed E-state index contributed by atoms with van der Waals surface area (Å²) in [6, 6.07) is 7.69. The first-order valence-electron chi connectivity index (χ1n) is 9.71. The van der Waals surface area contributed by atoms with Gasteiger partial charge in [-0.1, -0.05) is 35.4 Å². The van der Waals surface area contributed by atoms with E-state index in [2.05, 4.69) is 0 Å². The van der Waals surface area contributed by atoms with Gasteiger partial charge in [0.25, 0.3) is 5.91 Å². The van der Waals surface area contributed by atoms with Crippen LogP contribution in [0.15, 0.2) is 30.3 Å². The molecule has 8 heteroatoms. The molecule has 0 spiro atoms. The average Bonchev–Trinajstić information content (AvgIpc) is 3.00. The number of hydrogen-bond donors (Lipinski definition) is 0. The van der Waals surface area contributed by atoms with Gasteiger partial charge >= 0.3 is 0 Å². The molecule has 1 fully saturated rings. The molecule has 2 aromatic rings. The Bertz CT molecular complexity index is 1030. The predicted molar refractivity (Wildman–Crippen MR) is 115 cm³/mol. The van der Waals surface area contributed by atoms with Crippen molar-refractivity contribution in [2.75, 3.05) is 18.1 Å². The van der Waals surface area contributed by atoms with Gasteiger partial charge in [0.1, 0.15) is 11.6 Å². The molecule has 2 aromatic carbocycles. The van der Waals surface area contributed by atoms with Gasteiger partial charge in [0.2, 0.25) is 0 Å². The van der Waals surface area contributed by atoms with Crippen molar-refractivity contribution in [1.29, 1.82) is 0 Å². The number of carbonyl (C=O) groups excluding carboxylic acids is 1. The Morgan fingerprint density at radius 3 is 2.47 bits per heavy atom. The molecule has 3 rings (SSSR count). The minimum absolute atomic E-state index is 0.00346. The van der Waals surface area contributed by atoms with E-state index in [9.17, 15) is 17.6 Å². The Labute approximate surface area is 181 Å². The van der Waals surface area contributed by atoms with Crippen LogP contribution in [0.5, 0.6) is 5.75 Å². The summed E-state index contributed by atoms with van der Waals surface area (Å²) in [5, 5.41) is 0.194. The van der Waals surface area contributed by atoms with Crippen LogP contribution in [0.4, 0.5) is 4.39 Å². The largest absolute Gasteiger partial charge is 0.483 e. The van der Waals surface area contributed by atoms with Gasteiger partial charge in [0.15, 0.2) is 16.4 Å². The predicted octanol–water partition coefficient (Wildman–Crippen LogP) is 4.00. The van der Waals surface area contributed by atoms with Gasteiger partial charge in [0, 0.05) is 16.6 Å². The van der Waals surface area contributed by atoms with Crippen molar-refractivity contribution in [2.45, 2.75) is 39.8 Å². The van der Waals surface area contributed by atoms with Crippen LogP contribution < -0.4 is 4.74 Å². The summed E-state index contributed by atoms with van der Waals surface area (Å²) in [6.45, 7) is 5.41. The smallest absolute Gasteiger partial charge is 0.261 e. The Morgan fingerprint density at radius 2 is 1.90 bits per heavy atom. The van der Waals surface area contributed by atoms with Crippen LogP contribution in [0.3, 0.4) is 0 Å².